The van der Waals surface area contributed by atoms with Crippen LogP contribution in [0.2, 0.25) is 0 Å². The summed E-state index contributed by atoms with van der Waals surface area (Å²) in [6.45, 7) is 7.97. The Bertz CT molecular complexity index is 577. The van der Waals surface area contributed by atoms with Crippen LogP contribution in [0, 0.1) is 16.0 Å². The summed E-state index contributed by atoms with van der Waals surface area (Å²) in [5.74, 6) is -4.03. The fourth-order valence-electron chi connectivity index (χ4n) is 2.56. The van der Waals surface area contributed by atoms with Crippen LogP contribution in [-0.4, -0.2) is 35.1 Å². The average Bonchev–Trinajstić information content (AvgIpc) is 2.50. The normalized spacial score (nSPS) is 13.6. The second-order valence-corrected chi connectivity index (χ2v) is 6.41. The van der Waals surface area contributed by atoms with Gasteiger partial charge in [0.1, 0.15) is 0 Å². The molecule has 0 bridgehead atoms. The number of esters is 2. The summed E-state index contributed by atoms with van der Waals surface area (Å²) in [6.07, 6.45) is -0.909. The van der Waals surface area contributed by atoms with Gasteiger partial charge in [-0.2, -0.15) is 0 Å². The van der Waals surface area contributed by atoms with Gasteiger partial charge in [0.2, 0.25) is 6.04 Å². The summed E-state index contributed by atoms with van der Waals surface area (Å²) in [7, 11) is 0. The minimum absolute atomic E-state index is 0.454. The van der Waals surface area contributed by atoms with Crippen LogP contribution in [0.25, 0.3) is 0 Å². The van der Waals surface area contributed by atoms with E-state index < -0.39 is 46.9 Å². The van der Waals surface area contributed by atoms with Crippen LogP contribution < -0.4 is 0 Å². The number of benzene rings is 1. The lowest BCUT2D eigenvalue weighted by Crippen LogP contribution is -2.41. The molecule has 0 aliphatic carbocycles. The monoisotopic (exact) mass is 351 g/mol. The molecular formula is C18H25NO6. The Kier molecular flexibility index (Phi) is 7.54. The van der Waals surface area contributed by atoms with E-state index in [4.69, 9.17) is 9.47 Å². The van der Waals surface area contributed by atoms with Crippen LogP contribution in [0.5, 0.6) is 0 Å². The van der Waals surface area contributed by atoms with Crippen molar-refractivity contribution >= 4 is 11.9 Å². The van der Waals surface area contributed by atoms with Gasteiger partial charge in [0, 0.05) is 11.8 Å². The van der Waals surface area contributed by atoms with Gasteiger partial charge in [-0.15, -0.1) is 0 Å². The molecular weight excluding hydrogens is 326 g/mol. The molecule has 1 aromatic carbocycles. The third kappa shape index (κ3) is 5.85. The summed E-state index contributed by atoms with van der Waals surface area (Å²) in [5, 5.41) is 11.4. The van der Waals surface area contributed by atoms with Gasteiger partial charge >= 0.3 is 11.9 Å². The standard InChI is InChI=1S/C18H25NO6/c1-11(2)24-17(20)16(18(21)25-12(3)4)15(13(5)19(22)23)14-9-7-6-8-10-14/h6-13,15-16H,1-5H3. The number of hydrogen-bond donors (Lipinski definition) is 0. The lowest BCUT2D eigenvalue weighted by molar-refractivity contribution is -0.523. The Hall–Kier alpha value is -2.44. The largest absolute Gasteiger partial charge is 0.462 e. The first-order valence-electron chi connectivity index (χ1n) is 8.24. The number of ether oxygens (including phenoxy) is 2. The molecule has 0 aliphatic rings. The fraction of sp³-hybridized carbons (Fsp3) is 0.556. The summed E-state index contributed by atoms with van der Waals surface area (Å²) >= 11 is 0. The van der Waals surface area contributed by atoms with Gasteiger partial charge in [-0.1, -0.05) is 30.3 Å². The third-order valence-electron chi connectivity index (χ3n) is 3.61. The van der Waals surface area contributed by atoms with Gasteiger partial charge in [-0.25, -0.2) is 0 Å². The van der Waals surface area contributed by atoms with Crippen molar-refractivity contribution in [3.05, 3.63) is 46.0 Å². The molecule has 2 atom stereocenters. The Morgan fingerprint density at radius 1 is 0.920 bits per heavy atom. The molecule has 0 saturated carbocycles. The van der Waals surface area contributed by atoms with E-state index in [9.17, 15) is 19.7 Å². The van der Waals surface area contributed by atoms with Crippen molar-refractivity contribution in [1.82, 2.24) is 0 Å². The smallest absolute Gasteiger partial charge is 0.321 e. The molecule has 2 unspecified atom stereocenters. The summed E-state index contributed by atoms with van der Waals surface area (Å²) in [6, 6.07) is 7.30. The predicted octanol–water partition coefficient (Wildman–Crippen LogP) is 2.95. The topological polar surface area (TPSA) is 95.7 Å². The molecule has 0 aliphatic heterocycles. The quantitative estimate of drug-likeness (QED) is 0.309. The minimum Gasteiger partial charge on any atom is -0.462 e. The minimum atomic E-state index is -1.41. The lowest BCUT2D eigenvalue weighted by Gasteiger charge is -2.26. The maximum atomic E-state index is 12.6. The van der Waals surface area contributed by atoms with Crippen LogP contribution in [0.1, 0.15) is 46.1 Å². The van der Waals surface area contributed by atoms with Crippen LogP contribution in [0.3, 0.4) is 0 Å². The van der Waals surface area contributed by atoms with E-state index in [1.54, 1.807) is 58.0 Å². The molecule has 7 heteroatoms. The van der Waals surface area contributed by atoms with Crippen molar-refractivity contribution in [3.63, 3.8) is 0 Å². The zero-order valence-electron chi connectivity index (χ0n) is 15.2. The number of hydrogen-bond acceptors (Lipinski definition) is 6. The molecule has 7 nitrogen and oxygen atoms in total. The summed E-state index contributed by atoms with van der Waals surface area (Å²) in [4.78, 5) is 36.1. The molecule has 1 rings (SSSR count). The number of nitro groups is 1. The van der Waals surface area contributed by atoms with Crippen molar-refractivity contribution < 1.29 is 24.0 Å². The maximum absolute atomic E-state index is 12.6. The van der Waals surface area contributed by atoms with Gasteiger partial charge in [-0.3, -0.25) is 19.7 Å². The highest BCUT2D eigenvalue weighted by Gasteiger charge is 2.46. The number of nitrogens with zero attached hydrogens (tertiary/aromatic N) is 1. The number of rotatable bonds is 8. The second-order valence-electron chi connectivity index (χ2n) is 6.41. The Balaban J connectivity index is 3.38. The Labute approximate surface area is 147 Å². The first kappa shape index (κ1) is 20.6. The van der Waals surface area contributed by atoms with Crippen LogP contribution in [0.15, 0.2) is 30.3 Å². The van der Waals surface area contributed by atoms with Crippen molar-refractivity contribution in [3.8, 4) is 0 Å². The highest BCUT2D eigenvalue weighted by Crippen LogP contribution is 2.32. The van der Waals surface area contributed by atoms with Gasteiger partial charge in [0.05, 0.1) is 18.1 Å². The van der Waals surface area contributed by atoms with Crippen molar-refractivity contribution in [2.75, 3.05) is 0 Å². The van der Waals surface area contributed by atoms with Crippen molar-refractivity contribution in [2.24, 2.45) is 5.92 Å². The van der Waals surface area contributed by atoms with Crippen LogP contribution in [0.4, 0.5) is 0 Å². The molecule has 0 heterocycles. The van der Waals surface area contributed by atoms with Gasteiger partial charge in [-0.05, 0) is 33.3 Å². The second kappa shape index (κ2) is 9.15. The Morgan fingerprint density at radius 3 is 1.72 bits per heavy atom. The molecule has 138 valence electrons. The molecule has 25 heavy (non-hydrogen) atoms. The molecule has 0 N–H and O–H groups in total. The molecule has 0 amide bonds. The van der Waals surface area contributed by atoms with E-state index in [0.717, 1.165) is 0 Å². The zero-order chi connectivity index (χ0) is 19.1. The van der Waals surface area contributed by atoms with Gasteiger partial charge < -0.3 is 9.47 Å². The molecule has 0 fully saturated rings. The number of carbonyl (C=O) groups is 2. The van der Waals surface area contributed by atoms with Crippen LogP contribution >= 0.6 is 0 Å². The highest BCUT2D eigenvalue weighted by molar-refractivity contribution is 5.96. The molecule has 0 radical (unpaired) electrons. The van der Waals surface area contributed by atoms with E-state index in [2.05, 4.69) is 0 Å². The first-order chi connectivity index (χ1) is 11.6. The third-order valence-corrected chi connectivity index (χ3v) is 3.61. The fourth-order valence-corrected chi connectivity index (χ4v) is 2.56. The van der Waals surface area contributed by atoms with E-state index in [-0.39, 0.29) is 0 Å². The molecule has 0 spiro atoms. The maximum Gasteiger partial charge on any atom is 0.321 e. The summed E-state index contributed by atoms with van der Waals surface area (Å²) < 4.78 is 10.4. The van der Waals surface area contributed by atoms with E-state index in [0.29, 0.717) is 5.56 Å². The van der Waals surface area contributed by atoms with E-state index >= 15 is 0 Å². The average molecular weight is 351 g/mol. The molecule has 0 saturated heterocycles. The predicted molar refractivity (Wildman–Crippen MR) is 91.6 cm³/mol. The first-order valence-corrected chi connectivity index (χ1v) is 8.24. The molecule has 1 aromatic rings. The SMILES string of the molecule is CC(C)OC(=O)C(C(=O)OC(C)C)C(c1ccccc1)C(C)[N+](=O)[O-]. The lowest BCUT2D eigenvalue weighted by atomic mass is 9.81. The molecule has 0 aromatic heterocycles. The van der Waals surface area contributed by atoms with Crippen molar-refractivity contribution in [2.45, 2.75) is 58.8 Å². The van der Waals surface area contributed by atoms with E-state index in [1.165, 1.54) is 6.92 Å². The summed E-state index contributed by atoms with van der Waals surface area (Å²) in [5.41, 5.74) is 0.512. The van der Waals surface area contributed by atoms with Gasteiger partial charge in [0.25, 0.3) is 0 Å². The van der Waals surface area contributed by atoms with Crippen LogP contribution in [-0.2, 0) is 19.1 Å². The van der Waals surface area contributed by atoms with Crippen molar-refractivity contribution in [1.29, 1.82) is 0 Å². The van der Waals surface area contributed by atoms with E-state index in [1.807, 2.05) is 0 Å². The van der Waals surface area contributed by atoms with Gasteiger partial charge in [0.15, 0.2) is 5.92 Å². The highest BCUT2D eigenvalue weighted by atomic mass is 16.6. The Morgan fingerprint density at radius 2 is 1.36 bits per heavy atom. The zero-order valence-corrected chi connectivity index (χ0v) is 15.2. The number of carbonyl (C=O) groups excluding carboxylic acids is 2.